The van der Waals surface area contributed by atoms with Crippen molar-refractivity contribution < 1.29 is 13.9 Å². The Morgan fingerprint density at radius 3 is 2.67 bits per heavy atom. The molecule has 0 aliphatic heterocycles. The number of nitrogens with one attached hydrogen (secondary N) is 1. The van der Waals surface area contributed by atoms with Crippen LogP contribution in [0.25, 0.3) is 0 Å². The zero-order chi connectivity index (χ0) is 17.1. The number of thiazole rings is 1. The third-order valence-corrected chi connectivity index (χ3v) is 3.79. The molecule has 3 rings (SSSR count). The van der Waals surface area contributed by atoms with Crippen LogP contribution in [0.3, 0.4) is 0 Å². The highest BCUT2D eigenvalue weighted by Crippen LogP contribution is 2.23. The minimum atomic E-state index is -0.504. The molecular formula is C16H13FN4O2S. The van der Waals surface area contributed by atoms with E-state index in [4.69, 9.17) is 4.74 Å². The van der Waals surface area contributed by atoms with E-state index < -0.39 is 11.7 Å². The predicted octanol–water partition coefficient (Wildman–Crippen LogP) is 3.73. The van der Waals surface area contributed by atoms with Crippen LogP contribution >= 0.6 is 11.3 Å². The number of ether oxygens (including phenoxy) is 1. The normalized spacial score (nSPS) is 10.5. The molecule has 6 nitrogen and oxygen atoms in total. The van der Waals surface area contributed by atoms with Gasteiger partial charge < -0.3 is 4.74 Å². The van der Waals surface area contributed by atoms with Crippen molar-refractivity contribution in [1.29, 1.82) is 0 Å². The summed E-state index contributed by atoms with van der Waals surface area (Å²) in [5.41, 5.74) is 1.61. The Kier molecular flexibility index (Phi) is 4.48. The lowest BCUT2D eigenvalue weighted by atomic mass is 10.2. The van der Waals surface area contributed by atoms with Crippen LogP contribution in [0.15, 0.2) is 36.0 Å². The highest BCUT2D eigenvalue weighted by Gasteiger charge is 2.13. The first kappa shape index (κ1) is 16.0. The second-order valence-electron chi connectivity index (χ2n) is 5.02. The number of pyridine rings is 2. The van der Waals surface area contributed by atoms with Crippen molar-refractivity contribution in [3.05, 3.63) is 58.9 Å². The molecule has 8 heteroatoms. The van der Waals surface area contributed by atoms with Gasteiger partial charge in [0.2, 0.25) is 0 Å². The number of nitrogens with zero attached hydrogens (tertiary/aromatic N) is 3. The number of carbonyl (C=O) groups is 1. The lowest BCUT2D eigenvalue weighted by molar-refractivity contribution is 0.102. The molecule has 0 bridgehead atoms. The fraction of sp³-hybridized carbons (Fsp3) is 0.125. The number of amides is 1. The third-order valence-electron chi connectivity index (χ3n) is 2.91. The van der Waals surface area contributed by atoms with E-state index in [1.54, 1.807) is 13.0 Å². The second kappa shape index (κ2) is 6.71. The summed E-state index contributed by atoms with van der Waals surface area (Å²) in [7, 11) is 0. The van der Waals surface area contributed by atoms with E-state index in [-0.39, 0.29) is 11.4 Å². The number of hydrogen-bond acceptors (Lipinski definition) is 6. The number of hydrogen-bond donors (Lipinski definition) is 1. The van der Waals surface area contributed by atoms with Gasteiger partial charge in [-0.25, -0.2) is 14.4 Å². The number of rotatable bonds is 4. The maximum atomic E-state index is 13.2. The molecule has 0 unspecified atom stereocenters. The third kappa shape index (κ3) is 3.90. The number of carbonyl (C=O) groups excluding carboxylic acids is 1. The zero-order valence-electron chi connectivity index (χ0n) is 12.9. The maximum absolute atomic E-state index is 13.2. The molecule has 0 spiro atoms. The lowest BCUT2D eigenvalue weighted by Crippen LogP contribution is -2.14. The van der Waals surface area contributed by atoms with Crippen LogP contribution in [0.4, 0.5) is 9.52 Å². The van der Waals surface area contributed by atoms with Gasteiger partial charge in [0.1, 0.15) is 23.0 Å². The van der Waals surface area contributed by atoms with Gasteiger partial charge in [0.25, 0.3) is 5.91 Å². The van der Waals surface area contributed by atoms with Crippen molar-refractivity contribution in [1.82, 2.24) is 15.0 Å². The molecule has 0 radical (unpaired) electrons. The van der Waals surface area contributed by atoms with Gasteiger partial charge in [-0.1, -0.05) is 0 Å². The smallest absolute Gasteiger partial charge is 0.276 e. The molecule has 3 aromatic heterocycles. The Bertz CT molecular complexity index is 897. The molecule has 1 amide bonds. The Hall–Kier alpha value is -2.87. The Morgan fingerprint density at radius 2 is 1.96 bits per heavy atom. The van der Waals surface area contributed by atoms with Crippen LogP contribution in [-0.4, -0.2) is 20.9 Å². The van der Waals surface area contributed by atoms with Crippen LogP contribution in [0.1, 0.15) is 21.9 Å². The van der Waals surface area contributed by atoms with E-state index >= 15 is 0 Å². The van der Waals surface area contributed by atoms with Crippen LogP contribution in [-0.2, 0) is 0 Å². The minimum Gasteiger partial charge on any atom is -0.455 e. The van der Waals surface area contributed by atoms with Gasteiger partial charge in [0.05, 0.1) is 18.1 Å². The molecule has 1 N–H and O–H groups in total. The van der Waals surface area contributed by atoms with Crippen molar-refractivity contribution in [3.63, 3.8) is 0 Å². The second-order valence-corrected chi connectivity index (χ2v) is 5.88. The summed E-state index contributed by atoms with van der Waals surface area (Å²) in [6, 6.07) is 4.34. The highest BCUT2D eigenvalue weighted by atomic mass is 32.1. The van der Waals surface area contributed by atoms with E-state index in [9.17, 15) is 9.18 Å². The summed E-state index contributed by atoms with van der Waals surface area (Å²) >= 11 is 1.33. The topological polar surface area (TPSA) is 77.0 Å². The van der Waals surface area contributed by atoms with Crippen LogP contribution < -0.4 is 10.1 Å². The van der Waals surface area contributed by atoms with Gasteiger partial charge in [-0.3, -0.25) is 15.1 Å². The molecule has 24 heavy (non-hydrogen) atoms. The van der Waals surface area contributed by atoms with Gasteiger partial charge in [-0.2, -0.15) is 0 Å². The minimum absolute atomic E-state index is 0.183. The molecule has 122 valence electrons. The summed E-state index contributed by atoms with van der Waals surface area (Å²) in [4.78, 5) is 24.4. The first-order valence-corrected chi connectivity index (χ1v) is 7.88. The molecule has 3 aromatic rings. The number of aryl methyl sites for hydroxylation is 2. The highest BCUT2D eigenvalue weighted by molar-refractivity contribution is 7.13. The average molecular weight is 344 g/mol. The lowest BCUT2D eigenvalue weighted by Gasteiger charge is -2.08. The average Bonchev–Trinajstić information content (AvgIpc) is 2.91. The fourth-order valence-electron chi connectivity index (χ4n) is 1.97. The van der Waals surface area contributed by atoms with E-state index in [2.05, 4.69) is 20.3 Å². The Morgan fingerprint density at radius 1 is 1.12 bits per heavy atom. The van der Waals surface area contributed by atoms with Crippen molar-refractivity contribution >= 4 is 22.4 Å². The SMILES string of the molecule is Cc1cc(Oc2cncc(F)c2)cc(C(=O)Nc2nc(C)cs2)n1. The van der Waals surface area contributed by atoms with Gasteiger partial charge in [-0.05, 0) is 13.8 Å². The molecular weight excluding hydrogens is 331 g/mol. The standard InChI is InChI=1S/C16H13FN4O2S/c1-9-3-12(23-13-4-11(17)6-18-7-13)5-14(19-9)15(22)21-16-20-10(2)8-24-16/h3-8H,1-2H3,(H,20,21,22). The largest absolute Gasteiger partial charge is 0.455 e. The molecule has 0 atom stereocenters. The Labute approximate surface area is 141 Å². The first-order valence-electron chi connectivity index (χ1n) is 7.00. The monoisotopic (exact) mass is 344 g/mol. The molecule has 0 aromatic carbocycles. The molecule has 0 saturated heterocycles. The van der Waals surface area contributed by atoms with Gasteiger partial charge >= 0.3 is 0 Å². The molecule has 0 fully saturated rings. The summed E-state index contributed by atoms with van der Waals surface area (Å²) in [5.74, 6) is -0.288. The van der Waals surface area contributed by atoms with E-state index in [0.29, 0.717) is 16.6 Å². The van der Waals surface area contributed by atoms with Crippen molar-refractivity contribution in [2.75, 3.05) is 5.32 Å². The summed E-state index contributed by atoms with van der Waals surface area (Å²) in [6.07, 6.45) is 2.47. The van der Waals surface area contributed by atoms with E-state index in [1.165, 1.54) is 29.7 Å². The summed E-state index contributed by atoms with van der Waals surface area (Å²) in [5, 5.41) is 5.02. The van der Waals surface area contributed by atoms with Crippen molar-refractivity contribution in [2.24, 2.45) is 0 Å². The van der Waals surface area contributed by atoms with Crippen LogP contribution in [0.2, 0.25) is 0 Å². The zero-order valence-corrected chi connectivity index (χ0v) is 13.7. The van der Waals surface area contributed by atoms with Crippen molar-refractivity contribution in [2.45, 2.75) is 13.8 Å². The fourth-order valence-corrected chi connectivity index (χ4v) is 2.65. The first-order chi connectivity index (χ1) is 11.5. The number of anilines is 1. The number of aromatic nitrogens is 3. The van der Waals surface area contributed by atoms with Gasteiger partial charge in [0.15, 0.2) is 5.13 Å². The van der Waals surface area contributed by atoms with E-state index in [1.807, 2.05) is 12.3 Å². The molecule has 0 saturated carbocycles. The van der Waals surface area contributed by atoms with Gasteiger partial charge in [0, 0.05) is 29.3 Å². The van der Waals surface area contributed by atoms with Crippen molar-refractivity contribution in [3.8, 4) is 11.5 Å². The van der Waals surface area contributed by atoms with E-state index in [0.717, 1.165) is 11.9 Å². The molecule has 0 aliphatic carbocycles. The summed E-state index contributed by atoms with van der Waals surface area (Å²) in [6.45, 7) is 3.58. The summed E-state index contributed by atoms with van der Waals surface area (Å²) < 4.78 is 18.7. The molecule has 0 aliphatic rings. The predicted molar refractivity (Wildman–Crippen MR) is 88.0 cm³/mol. The number of halogens is 1. The molecule has 3 heterocycles. The van der Waals surface area contributed by atoms with Crippen LogP contribution in [0, 0.1) is 19.7 Å². The van der Waals surface area contributed by atoms with Gasteiger partial charge in [-0.15, -0.1) is 11.3 Å². The van der Waals surface area contributed by atoms with Crippen LogP contribution in [0.5, 0.6) is 11.5 Å². The Balaban J connectivity index is 1.81. The quantitative estimate of drug-likeness (QED) is 0.780. The maximum Gasteiger partial charge on any atom is 0.276 e.